The van der Waals surface area contributed by atoms with Crippen molar-refractivity contribution >= 4 is 22.7 Å². The van der Waals surface area contributed by atoms with Crippen molar-refractivity contribution in [3.8, 4) is 0 Å². The molecule has 0 bridgehead atoms. The zero-order valence-electron chi connectivity index (χ0n) is 11.2. The van der Waals surface area contributed by atoms with Crippen LogP contribution in [-0.4, -0.2) is 16.0 Å². The third-order valence-corrected chi connectivity index (χ3v) is 3.03. The van der Waals surface area contributed by atoms with Gasteiger partial charge in [-0.05, 0) is 13.0 Å². The lowest BCUT2D eigenvalue weighted by Gasteiger charge is -2.07. The second-order valence-corrected chi connectivity index (χ2v) is 4.54. The van der Waals surface area contributed by atoms with Crippen LogP contribution >= 0.6 is 0 Å². The molecular weight excluding hydrogens is 299 g/mol. The van der Waals surface area contributed by atoms with E-state index in [0.717, 1.165) is 0 Å². The van der Waals surface area contributed by atoms with E-state index in [1.54, 1.807) is 6.92 Å². The fourth-order valence-electron chi connectivity index (χ4n) is 1.88. The molecular formula is C14H8F3N3O2. The first-order chi connectivity index (χ1) is 10.5. The number of hydrogen-bond acceptors (Lipinski definition) is 4. The molecule has 5 nitrogen and oxygen atoms in total. The van der Waals surface area contributed by atoms with Gasteiger partial charge in [-0.3, -0.25) is 4.79 Å². The molecule has 0 radical (unpaired) electrons. The van der Waals surface area contributed by atoms with Crippen LogP contribution in [0.25, 0.3) is 11.1 Å². The summed E-state index contributed by atoms with van der Waals surface area (Å²) in [6.07, 6.45) is 1.21. The van der Waals surface area contributed by atoms with Crippen LogP contribution in [0.2, 0.25) is 0 Å². The monoisotopic (exact) mass is 307 g/mol. The molecule has 3 rings (SSSR count). The van der Waals surface area contributed by atoms with Crippen LogP contribution in [0.15, 0.2) is 28.9 Å². The first-order valence-electron chi connectivity index (χ1n) is 6.13. The molecule has 0 saturated heterocycles. The summed E-state index contributed by atoms with van der Waals surface area (Å²) >= 11 is 0. The summed E-state index contributed by atoms with van der Waals surface area (Å²) in [5, 5.41) is 6.38. The lowest BCUT2D eigenvalue weighted by Crippen LogP contribution is -2.13. The van der Waals surface area contributed by atoms with Gasteiger partial charge in [0.2, 0.25) is 0 Å². The van der Waals surface area contributed by atoms with E-state index >= 15 is 0 Å². The van der Waals surface area contributed by atoms with Crippen LogP contribution in [-0.2, 0) is 0 Å². The Morgan fingerprint density at radius 3 is 2.64 bits per heavy atom. The number of hydrogen-bond donors (Lipinski definition) is 1. The van der Waals surface area contributed by atoms with E-state index in [0.29, 0.717) is 23.2 Å². The number of carbonyl (C=O) groups excluding carboxylic acids is 1. The van der Waals surface area contributed by atoms with Crippen LogP contribution in [0.3, 0.4) is 0 Å². The number of amides is 1. The van der Waals surface area contributed by atoms with E-state index in [4.69, 9.17) is 4.52 Å². The third-order valence-electron chi connectivity index (χ3n) is 3.03. The maximum absolute atomic E-state index is 13.5. The van der Waals surface area contributed by atoms with Gasteiger partial charge < -0.3 is 9.84 Å². The van der Waals surface area contributed by atoms with E-state index in [-0.39, 0.29) is 11.3 Å². The van der Waals surface area contributed by atoms with E-state index in [1.165, 1.54) is 12.3 Å². The van der Waals surface area contributed by atoms with Crippen molar-refractivity contribution < 1.29 is 22.5 Å². The van der Waals surface area contributed by atoms with Crippen molar-refractivity contribution in [1.82, 2.24) is 10.1 Å². The number of aromatic nitrogens is 2. The molecule has 0 saturated carbocycles. The number of benzene rings is 1. The number of fused-ring (bicyclic) bond motifs is 1. The number of carbonyl (C=O) groups is 1. The molecule has 112 valence electrons. The predicted molar refractivity (Wildman–Crippen MR) is 70.8 cm³/mol. The van der Waals surface area contributed by atoms with Crippen molar-refractivity contribution in [3.63, 3.8) is 0 Å². The van der Waals surface area contributed by atoms with Crippen molar-refractivity contribution in [2.45, 2.75) is 6.92 Å². The van der Waals surface area contributed by atoms with Crippen molar-refractivity contribution in [1.29, 1.82) is 0 Å². The van der Waals surface area contributed by atoms with Gasteiger partial charge >= 0.3 is 0 Å². The number of rotatable bonds is 2. The van der Waals surface area contributed by atoms with Gasteiger partial charge in [-0.25, -0.2) is 18.2 Å². The Bertz CT molecular complexity index is 892. The average Bonchev–Trinajstić information content (AvgIpc) is 2.85. The fourth-order valence-corrected chi connectivity index (χ4v) is 1.88. The molecule has 2 heterocycles. The molecule has 0 spiro atoms. The summed E-state index contributed by atoms with van der Waals surface area (Å²) in [6, 6.07) is 2.39. The summed E-state index contributed by atoms with van der Waals surface area (Å²) in [4.78, 5) is 16.0. The summed E-state index contributed by atoms with van der Waals surface area (Å²) in [5.41, 5.74) is 0.429. The molecule has 1 aromatic carbocycles. The predicted octanol–water partition coefficient (Wildman–Crippen LogP) is 3.20. The van der Waals surface area contributed by atoms with Crippen LogP contribution in [0.4, 0.5) is 18.9 Å². The highest BCUT2D eigenvalue weighted by molar-refractivity contribution is 6.05. The molecule has 3 aromatic rings. The Morgan fingerprint density at radius 1 is 1.14 bits per heavy atom. The van der Waals surface area contributed by atoms with E-state index < -0.39 is 29.0 Å². The van der Waals surface area contributed by atoms with E-state index in [9.17, 15) is 18.0 Å². The first kappa shape index (κ1) is 14.1. The Morgan fingerprint density at radius 2 is 1.86 bits per heavy atom. The number of halogens is 3. The SMILES string of the molecule is Cc1noc2ncc(C(=O)Nc3cc(F)c(F)cc3F)cc12. The van der Waals surface area contributed by atoms with Gasteiger partial charge in [-0.2, -0.15) is 0 Å². The van der Waals surface area contributed by atoms with Crippen LogP contribution < -0.4 is 5.32 Å². The van der Waals surface area contributed by atoms with Gasteiger partial charge in [0.15, 0.2) is 11.6 Å². The molecule has 2 aromatic heterocycles. The van der Waals surface area contributed by atoms with Gasteiger partial charge in [0.05, 0.1) is 22.3 Å². The Hall–Kier alpha value is -2.90. The van der Waals surface area contributed by atoms with Gasteiger partial charge in [-0.1, -0.05) is 5.16 Å². The lowest BCUT2D eigenvalue weighted by molar-refractivity contribution is 0.102. The van der Waals surface area contributed by atoms with Gasteiger partial charge in [0.25, 0.3) is 11.6 Å². The normalized spacial score (nSPS) is 10.9. The van der Waals surface area contributed by atoms with Gasteiger partial charge in [0, 0.05) is 18.3 Å². The minimum absolute atomic E-state index is 0.0999. The minimum atomic E-state index is -1.33. The molecule has 1 amide bonds. The van der Waals surface area contributed by atoms with Crippen LogP contribution in [0.1, 0.15) is 16.1 Å². The fraction of sp³-hybridized carbons (Fsp3) is 0.0714. The first-order valence-corrected chi connectivity index (χ1v) is 6.13. The number of pyridine rings is 1. The van der Waals surface area contributed by atoms with Crippen LogP contribution in [0.5, 0.6) is 0 Å². The molecule has 1 N–H and O–H groups in total. The highest BCUT2D eigenvalue weighted by atomic mass is 19.2. The van der Waals surface area contributed by atoms with Gasteiger partial charge in [0.1, 0.15) is 5.82 Å². The second kappa shape index (κ2) is 5.14. The van der Waals surface area contributed by atoms with E-state index in [2.05, 4.69) is 15.5 Å². The molecule has 0 fully saturated rings. The zero-order chi connectivity index (χ0) is 15.9. The molecule has 8 heteroatoms. The highest BCUT2D eigenvalue weighted by Crippen LogP contribution is 2.21. The quantitative estimate of drug-likeness (QED) is 0.738. The molecule has 22 heavy (non-hydrogen) atoms. The Balaban J connectivity index is 1.93. The number of aryl methyl sites for hydroxylation is 1. The largest absolute Gasteiger partial charge is 0.336 e. The minimum Gasteiger partial charge on any atom is -0.336 e. The number of anilines is 1. The zero-order valence-corrected chi connectivity index (χ0v) is 11.2. The Kier molecular flexibility index (Phi) is 3.28. The average molecular weight is 307 g/mol. The second-order valence-electron chi connectivity index (χ2n) is 4.54. The maximum atomic E-state index is 13.5. The van der Waals surface area contributed by atoms with Crippen molar-refractivity contribution in [2.24, 2.45) is 0 Å². The summed E-state index contributed by atoms with van der Waals surface area (Å²) in [7, 11) is 0. The highest BCUT2D eigenvalue weighted by Gasteiger charge is 2.15. The summed E-state index contributed by atoms with van der Waals surface area (Å²) < 4.78 is 44.4. The van der Waals surface area contributed by atoms with Crippen LogP contribution in [0, 0.1) is 24.4 Å². The molecule has 0 unspecified atom stereocenters. The van der Waals surface area contributed by atoms with E-state index in [1.807, 2.05) is 0 Å². The molecule has 0 aliphatic rings. The molecule has 0 atom stereocenters. The maximum Gasteiger partial charge on any atom is 0.257 e. The number of nitrogens with zero attached hydrogens (tertiary/aromatic N) is 2. The van der Waals surface area contributed by atoms with Crippen molar-refractivity contribution in [2.75, 3.05) is 5.32 Å². The standard InChI is InChI=1S/C14H8F3N3O2/c1-6-8-2-7(5-18-14(8)22-20-6)13(21)19-12-4-10(16)9(15)3-11(12)17/h2-5H,1H3,(H,19,21). The molecule has 0 aliphatic heterocycles. The van der Waals surface area contributed by atoms with Gasteiger partial charge in [-0.15, -0.1) is 0 Å². The van der Waals surface area contributed by atoms with Crippen molar-refractivity contribution in [3.05, 3.63) is 53.1 Å². The summed E-state index contributed by atoms with van der Waals surface area (Å²) in [5.74, 6) is -4.40. The summed E-state index contributed by atoms with van der Waals surface area (Å²) in [6.45, 7) is 1.67. The number of nitrogens with one attached hydrogen (secondary N) is 1. The Labute approximate surface area is 121 Å². The molecule has 0 aliphatic carbocycles. The lowest BCUT2D eigenvalue weighted by atomic mass is 10.2. The topological polar surface area (TPSA) is 68.0 Å². The third kappa shape index (κ3) is 2.39. The smallest absolute Gasteiger partial charge is 0.257 e.